The predicted octanol–water partition coefficient (Wildman–Crippen LogP) is 2.68. The average Bonchev–Trinajstić information content (AvgIpc) is 2.43. The lowest BCUT2D eigenvalue weighted by Gasteiger charge is -2.14. The number of aliphatic carboxylic acids is 1. The third kappa shape index (κ3) is 6.16. The molecule has 6 heteroatoms. The molecule has 2 N–H and O–H groups in total. The summed E-state index contributed by atoms with van der Waals surface area (Å²) in [6.45, 7) is 5.11. The Hall–Kier alpha value is -2.24. The Morgan fingerprint density at radius 2 is 1.71 bits per heavy atom. The number of carbonyl (C=O) groups is 2. The Kier molecular flexibility index (Phi) is 7.08. The Balaban J connectivity index is 2.81. The van der Waals surface area contributed by atoms with Gasteiger partial charge in [-0.1, -0.05) is 13.8 Å². The van der Waals surface area contributed by atoms with Crippen molar-refractivity contribution in [2.75, 3.05) is 18.5 Å². The van der Waals surface area contributed by atoms with Gasteiger partial charge in [-0.05, 0) is 25.0 Å². The highest BCUT2D eigenvalue weighted by Gasteiger charge is 2.11. The highest BCUT2D eigenvalue weighted by atomic mass is 16.5. The Morgan fingerprint density at radius 3 is 2.29 bits per heavy atom. The topological polar surface area (TPSA) is 84.9 Å². The van der Waals surface area contributed by atoms with E-state index in [1.165, 1.54) is 0 Å². The van der Waals surface area contributed by atoms with Gasteiger partial charge in [0.05, 0.1) is 13.2 Å². The summed E-state index contributed by atoms with van der Waals surface area (Å²) in [5.74, 6) is -0.594. The number of carbonyl (C=O) groups excluding carboxylic acids is 1. The summed E-state index contributed by atoms with van der Waals surface area (Å²) in [6.07, 6.45) is 1.16. The second-order valence-corrected chi connectivity index (χ2v) is 4.48. The predicted molar refractivity (Wildman–Crippen MR) is 78.9 cm³/mol. The zero-order chi connectivity index (χ0) is 15.7. The van der Waals surface area contributed by atoms with Crippen LogP contribution in [-0.2, 0) is 9.59 Å². The molecule has 0 saturated carbocycles. The summed E-state index contributed by atoms with van der Waals surface area (Å²) in [6, 6.07) is 5.00. The Bertz CT molecular complexity index is 487. The summed E-state index contributed by atoms with van der Waals surface area (Å²) in [5, 5.41) is 11.1. The molecule has 0 unspecified atom stereocenters. The van der Waals surface area contributed by atoms with E-state index in [-0.39, 0.29) is 0 Å². The van der Waals surface area contributed by atoms with Crippen LogP contribution in [0.25, 0.3) is 0 Å². The molecule has 0 bridgehead atoms. The minimum atomic E-state index is -1.17. The molecule has 0 fully saturated rings. The molecule has 0 aliphatic heterocycles. The monoisotopic (exact) mass is 295 g/mol. The first-order valence-corrected chi connectivity index (χ1v) is 6.98. The zero-order valence-corrected chi connectivity index (χ0v) is 12.3. The van der Waals surface area contributed by atoms with Gasteiger partial charge in [-0.2, -0.15) is 0 Å². The molecule has 1 amide bonds. The molecular weight excluding hydrogens is 274 g/mol. The largest absolute Gasteiger partial charge is 0.490 e. The second-order valence-electron chi connectivity index (χ2n) is 4.48. The number of hydrogen-bond acceptors (Lipinski definition) is 4. The molecule has 21 heavy (non-hydrogen) atoms. The molecule has 0 atom stereocenters. The number of nitrogens with one attached hydrogen (secondary N) is 1. The van der Waals surface area contributed by atoms with Crippen molar-refractivity contribution in [3.05, 3.63) is 18.2 Å². The smallest absolute Gasteiger partial charge is 0.312 e. The van der Waals surface area contributed by atoms with E-state index < -0.39 is 18.3 Å². The van der Waals surface area contributed by atoms with E-state index in [1.54, 1.807) is 18.2 Å². The Morgan fingerprint density at radius 1 is 1.10 bits per heavy atom. The van der Waals surface area contributed by atoms with Crippen molar-refractivity contribution in [1.82, 2.24) is 0 Å². The van der Waals surface area contributed by atoms with Crippen LogP contribution < -0.4 is 14.8 Å². The van der Waals surface area contributed by atoms with Crippen LogP contribution >= 0.6 is 0 Å². The third-order valence-electron chi connectivity index (χ3n) is 2.46. The van der Waals surface area contributed by atoms with Gasteiger partial charge in [0.25, 0.3) is 0 Å². The van der Waals surface area contributed by atoms with Gasteiger partial charge >= 0.3 is 5.97 Å². The fourth-order valence-corrected chi connectivity index (χ4v) is 1.58. The first-order chi connectivity index (χ1) is 10.1. The van der Waals surface area contributed by atoms with Gasteiger partial charge < -0.3 is 19.9 Å². The quantitative estimate of drug-likeness (QED) is 0.684. The van der Waals surface area contributed by atoms with Gasteiger partial charge in [-0.3, -0.25) is 9.59 Å². The number of rotatable bonds is 9. The fraction of sp³-hybridized carbons (Fsp3) is 0.467. The van der Waals surface area contributed by atoms with Crippen molar-refractivity contribution in [3.8, 4) is 11.5 Å². The molecule has 0 aliphatic rings. The van der Waals surface area contributed by atoms with Crippen LogP contribution in [0, 0.1) is 0 Å². The molecule has 0 spiro atoms. The number of benzene rings is 1. The van der Waals surface area contributed by atoms with Crippen molar-refractivity contribution in [1.29, 1.82) is 0 Å². The minimum absolute atomic E-state index is 0.483. The SMILES string of the molecule is CCCOc1ccc(NC(=O)CC(=O)O)cc1OCCC. The van der Waals surface area contributed by atoms with Crippen molar-refractivity contribution in [3.63, 3.8) is 0 Å². The fourth-order valence-electron chi connectivity index (χ4n) is 1.58. The first-order valence-electron chi connectivity index (χ1n) is 6.98. The van der Waals surface area contributed by atoms with Crippen molar-refractivity contribution >= 4 is 17.6 Å². The lowest BCUT2D eigenvalue weighted by Crippen LogP contribution is -2.16. The molecule has 0 heterocycles. The van der Waals surface area contributed by atoms with Crippen molar-refractivity contribution in [2.24, 2.45) is 0 Å². The molecule has 1 aromatic carbocycles. The molecule has 0 radical (unpaired) electrons. The number of carboxylic acids is 1. The number of hydrogen-bond donors (Lipinski definition) is 2. The van der Waals surface area contributed by atoms with Gasteiger partial charge in [0.2, 0.25) is 5.91 Å². The molecule has 1 aromatic rings. The third-order valence-corrected chi connectivity index (χ3v) is 2.46. The molecule has 6 nitrogen and oxygen atoms in total. The second kappa shape index (κ2) is 8.84. The normalized spacial score (nSPS) is 10.0. The van der Waals surface area contributed by atoms with E-state index in [0.717, 1.165) is 12.8 Å². The lowest BCUT2D eigenvalue weighted by molar-refractivity contribution is -0.139. The highest BCUT2D eigenvalue weighted by molar-refractivity contribution is 6.01. The summed E-state index contributed by atoms with van der Waals surface area (Å²) in [5.41, 5.74) is 0.483. The van der Waals surface area contributed by atoms with Crippen LogP contribution in [0.5, 0.6) is 11.5 Å². The maximum absolute atomic E-state index is 11.4. The molecule has 116 valence electrons. The van der Waals surface area contributed by atoms with Gasteiger partial charge in [-0.15, -0.1) is 0 Å². The van der Waals surface area contributed by atoms with Gasteiger partial charge in [0, 0.05) is 11.8 Å². The standard InChI is InChI=1S/C15H21NO5/c1-3-7-20-12-6-5-11(9-13(12)21-8-4-2)16-14(17)10-15(18)19/h5-6,9H,3-4,7-8,10H2,1-2H3,(H,16,17)(H,18,19). The van der Waals surface area contributed by atoms with Crippen LogP contribution in [-0.4, -0.2) is 30.2 Å². The highest BCUT2D eigenvalue weighted by Crippen LogP contribution is 2.31. The van der Waals surface area contributed by atoms with Crippen molar-refractivity contribution in [2.45, 2.75) is 33.1 Å². The van der Waals surface area contributed by atoms with Crippen LogP contribution in [0.2, 0.25) is 0 Å². The van der Waals surface area contributed by atoms with Crippen LogP contribution in [0.3, 0.4) is 0 Å². The molecule has 0 aliphatic carbocycles. The summed E-state index contributed by atoms with van der Waals surface area (Å²) in [7, 11) is 0. The zero-order valence-electron chi connectivity index (χ0n) is 12.3. The van der Waals surface area contributed by atoms with Crippen LogP contribution in [0.4, 0.5) is 5.69 Å². The Labute approximate surface area is 124 Å². The minimum Gasteiger partial charge on any atom is -0.490 e. The summed E-state index contributed by atoms with van der Waals surface area (Å²) < 4.78 is 11.2. The van der Waals surface area contributed by atoms with E-state index >= 15 is 0 Å². The maximum Gasteiger partial charge on any atom is 0.312 e. The number of ether oxygens (including phenoxy) is 2. The maximum atomic E-state index is 11.4. The lowest BCUT2D eigenvalue weighted by atomic mass is 10.2. The van der Waals surface area contributed by atoms with Gasteiger partial charge in [-0.25, -0.2) is 0 Å². The van der Waals surface area contributed by atoms with E-state index in [2.05, 4.69) is 5.32 Å². The van der Waals surface area contributed by atoms with Gasteiger partial charge in [0.15, 0.2) is 11.5 Å². The van der Waals surface area contributed by atoms with E-state index in [9.17, 15) is 9.59 Å². The molecule has 0 aromatic heterocycles. The van der Waals surface area contributed by atoms with E-state index in [1.807, 2.05) is 13.8 Å². The van der Waals surface area contributed by atoms with Gasteiger partial charge in [0.1, 0.15) is 6.42 Å². The van der Waals surface area contributed by atoms with E-state index in [0.29, 0.717) is 30.4 Å². The summed E-state index contributed by atoms with van der Waals surface area (Å²) >= 11 is 0. The summed E-state index contributed by atoms with van der Waals surface area (Å²) in [4.78, 5) is 21.9. The number of anilines is 1. The number of carboxylic acid groups (broad SMARTS) is 1. The molecular formula is C15H21NO5. The van der Waals surface area contributed by atoms with Crippen LogP contribution in [0.1, 0.15) is 33.1 Å². The molecule has 0 saturated heterocycles. The van der Waals surface area contributed by atoms with Crippen molar-refractivity contribution < 1.29 is 24.2 Å². The molecule has 1 rings (SSSR count). The van der Waals surface area contributed by atoms with E-state index in [4.69, 9.17) is 14.6 Å². The first kappa shape index (κ1) is 16.8. The number of amides is 1. The average molecular weight is 295 g/mol. The van der Waals surface area contributed by atoms with Crippen LogP contribution in [0.15, 0.2) is 18.2 Å².